The van der Waals surface area contributed by atoms with Gasteiger partial charge in [-0.3, -0.25) is 4.79 Å². The summed E-state index contributed by atoms with van der Waals surface area (Å²) in [5, 5.41) is 13.2. The molecule has 2 aromatic heterocycles. The number of hydrogen-bond acceptors (Lipinski definition) is 6. The van der Waals surface area contributed by atoms with Crippen molar-refractivity contribution < 1.29 is 19.4 Å². The molecule has 0 fully saturated rings. The lowest BCUT2D eigenvalue weighted by Crippen LogP contribution is -2.46. The standard InChI is InChI=1S/C19H23ClN4O4S/c1-4-11-15(20)24-16(22-11)17(25)23-12-7-6-10(8-13(12)28-5-2)18-21-9(3)14(29-18)19(26)27/h6,12-13H,4-5,7-8H2,1-3H3,(H,22,24)(H,23,25)(H,26,27)/t12-,13+/m1/s1. The number of carboxylic acid groups (broad SMARTS) is 1. The van der Waals surface area contributed by atoms with Gasteiger partial charge in [0.2, 0.25) is 0 Å². The zero-order chi connectivity index (χ0) is 21.1. The lowest BCUT2D eigenvalue weighted by atomic mass is 9.92. The number of aromatic carboxylic acids is 1. The van der Waals surface area contributed by atoms with Gasteiger partial charge >= 0.3 is 5.97 Å². The van der Waals surface area contributed by atoms with Crippen LogP contribution >= 0.6 is 22.9 Å². The summed E-state index contributed by atoms with van der Waals surface area (Å²) < 4.78 is 5.87. The minimum atomic E-state index is -0.974. The van der Waals surface area contributed by atoms with Gasteiger partial charge in [0.1, 0.15) is 9.88 Å². The van der Waals surface area contributed by atoms with Crippen LogP contribution in [0.5, 0.6) is 0 Å². The van der Waals surface area contributed by atoms with Crippen molar-refractivity contribution in [2.24, 2.45) is 0 Å². The second-order valence-electron chi connectivity index (χ2n) is 6.69. The summed E-state index contributed by atoms with van der Waals surface area (Å²) in [6.07, 6.45) is 3.46. The SMILES string of the molecule is CCO[C@H]1CC(c2nc(C)c(C(=O)O)s2)=CC[C@H]1NC(=O)c1nc(Cl)c(CC)[nH]1. The molecule has 29 heavy (non-hydrogen) atoms. The molecule has 1 aliphatic rings. The van der Waals surface area contributed by atoms with Crippen LogP contribution in [-0.4, -0.2) is 50.7 Å². The highest BCUT2D eigenvalue weighted by atomic mass is 35.5. The van der Waals surface area contributed by atoms with E-state index >= 15 is 0 Å². The van der Waals surface area contributed by atoms with Crippen LogP contribution < -0.4 is 5.32 Å². The van der Waals surface area contributed by atoms with E-state index in [2.05, 4.69) is 20.3 Å². The van der Waals surface area contributed by atoms with Gasteiger partial charge < -0.3 is 20.1 Å². The van der Waals surface area contributed by atoms with Gasteiger partial charge in [0.25, 0.3) is 5.91 Å². The van der Waals surface area contributed by atoms with E-state index < -0.39 is 5.97 Å². The van der Waals surface area contributed by atoms with E-state index in [1.165, 1.54) is 0 Å². The fourth-order valence-electron chi connectivity index (χ4n) is 3.28. The third kappa shape index (κ3) is 4.68. The molecule has 10 heteroatoms. The molecular weight excluding hydrogens is 416 g/mol. The summed E-state index contributed by atoms with van der Waals surface area (Å²) in [6.45, 7) is 6.01. The summed E-state index contributed by atoms with van der Waals surface area (Å²) in [5.41, 5.74) is 2.16. The van der Waals surface area contributed by atoms with Crippen LogP contribution in [-0.2, 0) is 11.2 Å². The maximum absolute atomic E-state index is 12.6. The minimum absolute atomic E-state index is 0.179. The van der Waals surface area contributed by atoms with Gasteiger partial charge in [0, 0.05) is 13.0 Å². The molecule has 0 aliphatic heterocycles. The topological polar surface area (TPSA) is 117 Å². The van der Waals surface area contributed by atoms with E-state index in [9.17, 15) is 14.7 Å². The number of ether oxygens (including phenoxy) is 1. The van der Waals surface area contributed by atoms with Gasteiger partial charge in [-0.05, 0) is 32.3 Å². The Morgan fingerprint density at radius 3 is 2.76 bits per heavy atom. The molecule has 2 aromatic rings. The van der Waals surface area contributed by atoms with Gasteiger partial charge in [0.15, 0.2) is 11.0 Å². The van der Waals surface area contributed by atoms with Gasteiger partial charge in [-0.1, -0.05) is 24.6 Å². The molecule has 0 spiro atoms. The molecule has 1 aliphatic carbocycles. The Morgan fingerprint density at radius 1 is 1.41 bits per heavy atom. The molecule has 0 aromatic carbocycles. The Labute approximate surface area is 177 Å². The Kier molecular flexibility index (Phi) is 6.71. The molecule has 3 rings (SSSR count). The van der Waals surface area contributed by atoms with Crippen LogP contribution in [0.25, 0.3) is 5.57 Å². The Morgan fingerprint density at radius 2 is 2.17 bits per heavy atom. The summed E-state index contributed by atoms with van der Waals surface area (Å²) in [5.74, 6) is -1.13. The number of carboxylic acids is 1. The number of rotatable bonds is 7. The van der Waals surface area contributed by atoms with Crippen molar-refractivity contribution in [2.75, 3.05) is 6.61 Å². The average molecular weight is 439 g/mol. The minimum Gasteiger partial charge on any atom is -0.477 e. The number of aromatic amines is 1. The Bertz CT molecular complexity index is 952. The second kappa shape index (κ2) is 9.06. The summed E-state index contributed by atoms with van der Waals surface area (Å²) in [7, 11) is 0. The average Bonchev–Trinajstić information content (AvgIpc) is 3.26. The van der Waals surface area contributed by atoms with Crippen LogP contribution in [0, 0.1) is 6.92 Å². The molecule has 0 saturated carbocycles. The molecule has 0 saturated heterocycles. The normalized spacial score (nSPS) is 19.1. The largest absolute Gasteiger partial charge is 0.477 e. The first-order valence-electron chi connectivity index (χ1n) is 9.40. The molecule has 0 unspecified atom stereocenters. The number of carbonyl (C=O) groups excluding carboxylic acids is 1. The van der Waals surface area contributed by atoms with Crippen molar-refractivity contribution in [2.45, 2.75) is 52.2 Å². The molecule has 0 radical (unpaired) electrons. The van der Waals surface area contributed by atoms with Crippen LogP contribution in [0.4, 0.5) is 0 Å². The van der Waals surface area contributed by atoms with Crippen LogP contribution in [0.3, 0.4) is 0 Å². The lowest BCUT2D eigenvalue weighted by molar-refractivity contribution is 0.0341. The molecule has 1 amide bonds. The summed E-state index contributed by atoms with van der Waals surface area (Å²) >= 11 is 7.19. The quantitative estimate of drug-likeness (QED) is 0.609. The smallest absolute Gasteiger partial charge is 0.347 e. The van der Waals surface area contributed by atoms with E-state index in [0.717, 1.165) is 22.6 Å². The zero-order valence-electron chi connectivity index (χ0n) is 16.4. The molecule has 2 atom stereocenters. The number of thiazole rings is 1. The molecule has 3 N–H and O–H groups in total. The van der Waals surface area contributed by atoms with Gasteiger partial charge in [-0.25, -0.2) is 14.8 Å². The number of imidazole rings is 1. The van der Waals surface area contributed by atoms with Crippen molar-refractivity contribution in [1.82, 2.24) is 20.3 Å². The van der Waals surface area contributed by atoms with E-state index in [0.29, 0.717) is 41.7 Å². The molecular formula is C19H23ClN4O4S. The summed E-state index contributed by atoms with van der Waals surface area (Å²) in [4.78, 5) is 35.6. The van der Waals surface area contributed by atoms with Crippen LogP contribution in [0.15, 0.2) is 6.08 Å². The number of nitrogens with zero attached hydrogens (tertiary/aromatic N) is 2. The zero-order valence-corrected chi connectivity index (χ0v) is 18.0. The number of amides is 1. The molecule has 8 nitrogen and oxygen atoms in total. The van der Waals surface area contributed by atoms with E-state index in [-0.39, 0.29) is 28.8 Å². The van der Waals surface area contributed by atoms with E-state index in [1.54, 1.807) is 6.92 Å². The first-order chi connectivity index (χ1) is 13.8. The number of aromatic nitrogens is 3. The number of nitrogens with one attached hydrogen (secondary N) is 2. The van der Waals surface area contributed by atoms with Gasteiger partial charge in [-0.2, -0.15) is 0 Å². The fraction of sp³-hybridized carbons (Fsp3) is 0.474. The Hall–Kier alpha value is -2.23. The number of carbonyl (C=O) groups is 2. The third-order valence-corrected chi connectivity index (χ3v) is 6.28. The lowest BCUT2D eigenvalue weighted by Gasteiger charge is -2.31. The van der Waals surface area contributed by atoms with Crippen molar-refractivity contribution in [3.05, 3.63) is 38.3 Å². The maximum Gasteiger partial charge on any atom is 0.347 e. The predicted octanol–water partition coefficient (Wildman–Crippen LogP) is 3.47. The first kappa shape index (κ1) is 21.5. The van der Waals surface area contributed by atoms with E-state index in [4.69, 9.17) is 16.3 Å². The van der Waals surface area contributed by atoms with Crippen molar-refractivity contribution in [1.29, 1.82) is 0 Å². The number of aryl methyl sites for hydroxylation is 2. The molecule has 156 valence electrons. The number of hydrogen-bond donors (Lipinski definition) is 3. The number of halogens is 1. The van der Waals surface area contributed by atoms with Crippen LogP contribution in [0.1, 0.15) is 63.4 Å². The van der Waals surface area contributed by atoms with Crippen molar-refractivity contribution in [3.8, 4) is 0 Å². The van der Waals surface area contributed by atoms with Crippen molar-refractivity contribution >= 4 is 40.4 Å². The second-order valence-corrected chi connectivity index (χ2v) is 8.05. The van der Waals surface area contributed by atoms with Crippen LogP contribution in [0.2, 0.25) is 5.15 Å². The molecule has 2 heterocycles. The number of H-pyrrole nitrogens is 1. The maximum atomic E-state index is 12.6. The van der Waals surface area contributed by atoms with Crippen molar-refractivity contribution in [3.63, 3.8) is 0 Å². The monoisotopic (exact) mass is 438 g/mol. The third-order valence-electron chi connectivity index (χ3n) is 4.75. The van der Waals surface area contributed by atoms with E-state index in [1.807, 2.05) is 19.9 Å². The predicted molar refractivity (Wildman–Crippen MR) is 111 cm³/mol. The highest BCUT2D eigenvalue weighted by Crippen LogP contribution is 2.33. The first-order valence-corrected chi connectivity index (χ1v) is 10.6. The highest BCUT2D eigenvalue weighted by molar-refractivity contribution is 7.14. The van der Waals surface area contributed by atoms with Gasteiger partial charge in [-0.15, -0.1) is 11.3 Å². The van der Waals surface area contributed by atoms with Gasteiger partial charge in [0.05, 0.1) is 23.5 Å². The Balaban J connectivity index is 1.77. The highest BCUT2D eigenvalue weighted by Gasteiger charge is 2.31. The fourth-order valence-corrected chi connectivity index (χ4v) is 4.50. The molecule has 0 bridgehead atoms. The summed E-state index contributed by atoms with van der Waals surface area (Å²) in [6, 6.07) is -0.236.